The Kier molecular flexibility index (Phi) is 2.20. The second-order valence-corrected chi connectivity index (χ2v) is 2.24. The Morgan fingerprint density at radius 3 is 3.00 bits per heavy atom. The van der Waals surface area contributed by atoms with Gasteiger partial charge in [-0.1, -0.05) is 5.16 Å². The predicted molar refractivity (Wildman–Crippen MR) is 36.8 cm³/mol. The Morgan fingerprint density at radius 2 is 2.55 bits per heavy atom. The molecule has 0 spiro atoms. The average molecular weight is 156 g/mol. The van der Waals surface area contributed by atoms with Crippen LogP contribution >= 0.6 is 0 Å². The molecule has 1 heterocycles. The number of nitrogens with zero attached hydrogens (tertiary/aromatic N) is 2. The van der Waals surface area contributed by atoms with E-state index in [4.69, 9.17) is 4.52 Å². The fourth-order valence-corrected chi connectivity index (χ4v) is 0.736. The summed E-state index contributed by atoms with van der Waals surface area (Å²) in [6.45, 7) is 1.67. The van der Waals surface area contributed by atoms with Gasteiger partial charge < -0.3 is 4.52 Å². The molecular weight excluding hydrogens is 148 g/mol. The summed E-state index contributed by atoms with van der Waals surface area (Å²) in [6, 6.07) is 1.70. The lowest BCUT2D eigenvalue weighted by atomic mass is 10.3. The molecule has 0 amide bonds. The van der Waals surface area contributed by atoms with Crippen molar-refractivity contribution in [2.45, 2.75) is 13.3 Å². The van der Waals surface area contributed by atoms with Crippen LogP contribution in [0.4, 0.5) is 0 Å². The maximum atomic E-state index is 9.92. The minimum absolute atomic E-state index is 0.103. The van der Waals surface area contributed by atoms with Gasteiger partial charge in [0.25, 0.3) is 0 Å². The largest absolute Gasteiger partial charge is 0.361 e. The third kappa shape index (κ3) is 2.37. The molecule has 0 saturated carbocycles. The zero-order valence-electron chi connectivity index (χ0n) is 6.11. The van der Waals surface area contributed by atoms with Crippen LogP contribution in [-0.2, 0) is 6.42 Å². The Labute approximate surface area is 63.1 Å². The van der Waals surface area contributed by atoms with Crippen molar-refractivity contribution < 1.29 is 9.45 Å². The summed E-state index contributed by atoms with van der Waals surface area (Å²) in [5.41, 5.74) is 0.753. The van der Waals surface area contributed by atoms with Crippen molar-refractivity contribution in [2.24, 2.45) is 0 Å². The van der Waals surface area contributed by atoms with Crippen molar-refractivity contribution in [1.29, 1.82) is 0 Å². The summed E-state index contributed by atoms with van der Waals surface area (Å²) >= 11 is 0. The highest BCUT2D eigenvalue weighted by Crippen LogP contribution is 2.02. The van der Waals surface area contributed by atoms with Crippen molar-refractivity contribution >= 4 is 0 Å². The van der Waals surface area contributed by atoms with Crippen LogP contribution in [0.25, 0.3) is 0 Å². The third-order valence-corrected chi connectivity index (χ3v) is 1.22. The van der Waals surface area contributed by atoms with Gasteiger partial charge in [-0.3, -0.25) is 10.1 Å². The van der Waals surface area contributed by atoms with Gasteiger partial charge in [-0.05, 0) is 6.92 Å². The SMILES string of the molecule is Cc1cc(CC[N+](=O)[O-])on1. The highest BCUT2D eigenvalue weighted by atomic mass is 16.6. The van der Waals surface area contributed by atoms with Crippen molar-refractivity contribution in [2.75, 3.05) is 6.54 Å². The number of aromatic nitrogens is 1. The number of hydrogen-bond acceptors (Lipinski definition) is 4. The summed E-state index contributed by atoms with van der Waals surface area (Å²) < 4.78 is 4.76. The van der Waals surface area contributed by atoms with Crippen molar-refractivity contribution in [3.63, 3.8) is 0 Å². The van der Waals surface area contributed by atoms with E-state index in [1.54, 1.807) is 13.0 Å². The number of rotatable bonds is 3. The molecule has 0 aromatic carbocycles. The molecule has 0 atom stereocenters. The summed E-state index contributed by atoms with van der Waals surface area (Å²) in [5, 5.41) is 13.5. The molecule has 60 valence electrons. The Bertz CT molecular complexity index is 256. The van der Waals surface area contributed by atoms with Crippen LogP contribution in [-0.4, -0.2) is 16.6 Å². The molecule has 0 fully saturated rings. The minimum Gasteiger partial charge on any atom is -0.361 e. The van der Waals surface area contributed by atoms with E-state index in [2.05, 4.69) is 5.16 Å². The quantitative estimate of drug-likeness (QED) is 0.479. The van der Waals surface area contributed by atoms with Crippen molar-refractivity contribution in [1.82, 2.24) is 5.16 Å². The van der Waals surface area contributed by atoms with Crippen molar-refractivity contribution in [3.8, 4) is 0 Å². The first kappa shape index (κ1) is 7.71. The van der Waals surface area contributed by atoms with Crippen LogP contribution in [0.3, 0.4) is 0 Å². The van der Waals surface area contributed by atoms with E-state index in [0.717, 1.165) is 5.69 Å². The minimum atomic E-state index is -0.377. The molecule has 1 aromatic rings. The summed E-state index contributed by atoms with van der Waals surface area (Å²) in [4.78, 5) is 9.55. The molecule has 11 heavy (non-hydrogen) atoms. The third-order valence-electron chi connectivity index (χ3n) is 1.22. The molecule has 5 nitrogen and oxygen atoms in total. The van der Waals surface area contributed by atoms with E-state index in [1.807, 2.05) is 0 Å². The van der Waals surface area contributed by atoms with E-state index in [0.29, 0.717) is 12.2 Å². The zero-order chi connectivity index (χ0) is 8.27. The van der Waals surface area contributed by atoms with Crippen molar-refractivity contribution in [3.05, 3.63) is 27.6 Å². The summed E-state index contributed by atoms with van der Waals surface area (Å²) in [6.07, 6.45) is 0.313. The highest BCUT2D eigenvalue weighted by Gasteiger charge is 2.04. The maximum absolute atomic E-state index is 9.92. The molecule has 0 unspecified atom stereocenters. The van der Waals surface area contributed by atoms with Crippen LogP contribution in [0.1, 0.15) is 11.5 Å². The van der Waals surface area contributed by atoms with Crippen LogP contribution in [0.2, 0.25) is 0 Å². The number of hydrogen-bond donors (Lipinski definition) is 0. The Morgan fingerprint density at radius 1 is 1.82 bits per heavy atom. The zero-order valence-corrected chi connectivity index (χ0v) is 6.11. The van der Waals surface area contributed by atoms with Crippen LogP contribution in [0.5, 0.6) is 0 Å². The average Bonchev–Trinajstić information content (AvgIpc) is 2.31. The molecule has 0 radical (unpaired) electrons. The molecular formula is C6H8N2O3. The van der Waals surface area contributed by atoms with E-state index < -0.39 is 0 Å². The molecule has 0 aliphatic rings. The van der Waals surface area contributed by atoms with Gasteiger partial charge in [0.15, 0.2) is 0 Å². The molecule has 1 aromatic heterocycles. The Balaban J connectivity index is 2.45. The second-order valence-electron chi connectivity index (χ2n) is 2.24. The number of aryl methyl sites for hydroxylation is 1. The van der Waals surface area contributed by atoms with Crippen LogP contribution in [0.15, 0.2) is 10.6 Å². The van der Waals surface area contributed by atoms with Gasteiger partial charge in [0.2, 0.25) is 6.54 Å². The molecule has 1 rings (SSSR count). The van der Waals surface area contributed by atoms with Gasteiger partial charge in [-0.2, -0.15) is 0 Å². The van der Waals surface area contributed by atoms with Gasteiger partial charge in [-0.25, -0.2) is 0 Å². The second kappa shape index (κ2) is 3.14. The first-order chi connectivity index (χ1) is 5.18. The topological polar surface area (TPSA) is 69.2 Å². The lowest BCUT2D eigenvalue weighted by molar-refractivity contribution is -0.479. The monoisotopic (exact) mass is 156 g/mol. The fraction of sp³-hybridized carbons (Fsp3) is 0.500. The lowest BCUT2D eigenvalue weighted by Gasteiger charge is -1.86. The highest BCUT2D eigenvalue weighted by molar-refractivity contribution is 5.02. The fourth-order valence-electron chi connectivity index (χ4n) is 0.736. The molecule has 0 bridgehead atoms. The molecule has 0 aliphatic carbocycles. The molecule has 0 N–H and O–H groups in total. The van der Waals surface area contributed by atoms with Crippen LogP contribution in [0, 0.1) is 17.0 Å². The van der Waals surface area contributed by atoms with E-state index >= 15 is 0 Å². The number of nitro groups is 1. The van der Waals surface area contributed by atoms with Gasteiger partial charge in [0, 0.05) is 11.0 Å². The van der Waals surface area contributed by atoms with E-state index in [-0.39, 0.29) is 11.5 Å². The first-order valence-corrected chi connectivity index (χ1v) is 3.22. The van der Waals surface area contributed by atoms with E-state index in [9.17, 15) is 10.1 Å². The lowest BCUT2D eigenvalue weighted by Crippen LogP contribution is -2.02. The Hall–Kier alpha value is -1.39. The van der Waals surface area contributed by atoms with Gasteiger partial charge >= 0.3 is 0 Å². The summed E-state index contributed by atoms with van der Waals surface area (Å²) in [7, 11) is 0. The van der Waals surface area contributed by atoms with E-state index in [1.165, 1.54) is 0 Å². The smallest absolute Gasteiger partial charge is 0.211 e. The standard InChI is InChI=1S/C6H8N2O3/c1-5-4-6(11-7-5)2-3-8(9)10/h4H,2-3H2,1H3. The first-order valence-electron chi connectivity index (χ1n) is 3.22. The molecule has 0 saturated heterocycles. The van der Waals surface area contributed by atoms with Crippen LogP contribution < -0.4 is 0 Å². The van der Waals surface area contributed by atoms with Gasteiger partial charge in [0.05, 0.1) is 12.1 Å². The molecule has 5 heteroatoms. The van der Waals surface area contributed by atoms with Gasteiger partial charge in [-0.15, -0.1) is 0 Å². The maximum Gasteiger partial charge on any atom is 0.211 e. The predicted octanol–water partition coefficient (Wildman–Crippen LogP) is 0.802. The molecule has 0 aliphatic heterocycles. The summed E-state index contributed by atoms with van der Waals surface area (Å²) in [5.74, 6) is 0.569. The van der Waals surface area contributed by atoms with Gasteiger partial charge in [0.1, 0.15) is 5.76 Å². The normalized spacial score (nSPS) is 9.91.